The highest BCUT2D eigenvalue weighted by atomic mass is 16.6. The Balaban J connectivity index is 1.64. The van der Waals surface area contributed by atoms with Gasteiger partial charge in [0.2, 0.25) is 0 Å². The van der Waals surface area contributed by atoms with E-state index >= 15 is 0 Å². The average molecular weight is 554 g/mol. The van der Waals surface area contributed by atoms with Crippen molar-refractivity contribution in [2.24, 2.45) is 0 Å². The lowest BCUT2D eigenvalue weighted by Crippen LogP contribution is -2.14. The van der Waals surface area contributed by atoms with Crippen molar-refractivity contribution in [3.63, 3.8) is 0 Å². The summed E-state index contributed by atoms with van der Waals surface area (Å²) >= 11 is 0. The molecule has 0 heterocycles. The molecule has 2 N–H and O–H groups in total. The zero-order valence-electron chi connectivity index (χ0n) is 25.0. The van der Waals surface area contributed by atoms with Gasteiger partial charge in [0.25, 0.3) is 0 Å². The van der Waals surface area contributed by atoms with Crippen molar-refractivity contribution >= 4 is 5.69 Å². The summed E-state index contributed by atoms with van der Waals surface area (Å²) in [7, 11) is 0. The van der Waals surface area contributed by atoms with E-state index in [4.69, 9.17) is 34.2 Å². The molecule has 0 spiro atoms. The summed E-state index contributed by atoms with van der Waals surface area (Å²) < 4.78 is 33.3. The van der Waals surface area contributed by atoms with E-state index in [1.807, 2.05) is 24.3 Å². The Kier molecular flexibility index (Phi) is 27.1. The monoisotopic (exact) mass is 553 g/mol. The molecule has 0 atom stereocenters. The summed E-state index contributed by atoms with van der Waals surface area (Å²) in [5, 5.41) is 0. The second-order valence-corrected chi connectivity index (χ2v) is 10.0. The van der Waals surface area contributed by atoms with Crippen LogP contribution in [0, 0.1) is 0 Å². The van der Waals surface area contributed by atoms with Gasteiger partial charge in [-0.25, -0.2) is 0 Å². The number of hydrogen-bond donors (Lipinski definition) is 1. The van der Waals surface area contributed by atoms with Crippen LogP contribution < -0.4 is 10.5 Å². The van der Waals surface area contributed by atoms with E-state index in [9.17, 15) is 0 Å². The molecular formula is C32H59NO6. The van der Waals surface area contributed by atoms with E-state index in [1.165, 1.54) is 83.5 Å². The molecule has 39 heavy (non-hydrogen) atoms. The van der Waals surface area contributed by atoms with Gasteiger partial charge in [0, 0.05) is 6.61 Å². The Labute approximate surface area is 239 Å². The summed E-state index contributed by atoms with van der Waals surface area (Å²) in [4.78, 5) is 0. The molecular weight excluding hydrogens is 494 g/mol. The normalized spacial score (nSPS) is 11.3. The Morgan fingerprint density at radius 1 is 0.436 bits per heavy atom. The first-order valence-corrected chi connectivity index (χ1v) is 15.7. The molecule has 0 saturated heterocycles. The number of para-hydroxylation sites is 2. The SMILES string of the molecule is CCCCCCCCCCCCCCCCOCCOCCOCCOCCOCCOc1ccccc1N. The minimum Gasteiger partial charge on any atom is -0.489 e. The van der Waals surface area contributed by atoms with Crippen molar-refractivity contribution in [2.45, 2.75) is 96.8 Å². The van der Waals surface area contributed by atoms with E-state index < -0.39 is 0 Å². The fraction of sp³-hybridized carbons (Fsp3) is 0.812. The van der Waals surface area contributed by atoms with Gasteiger partial charge in [0.05, 0.1) is 65.1 Å². The standard InChI is InChI=1S/C32H59NO6/c1-2-3-4-5-6-7-8-9-10-11-12-13-14-17-20-34-21-22-35-23-24-36-25-26-37-27-28-38-29-30-39-32-19-16-15-18-31(32)33/h15-16,18-19H,2-14,17,20-30,33H2,1H3. The van der Waals surface area contributed by atoms with Crippen LogP contribution in [-0.4, -0.2) is 72.7 Å². The molecule has 0 bridgehead atoms. The fourth-order valence-corrected chi connectivity index (χ4v) is 4.20. The van der Waals surface area contributed by atoms with Crippen LogP contribution in [0.15, 0.2) is 24.3 Å². The third-order valence-corrected chi connectivity index (χ3v) is 6.53. The lowest BCUT2D eigenvalue weighted by atomic mass is 10.0. The molecule has 0 amide bonds. The Morgan fingerprint density at radius 3 is 1.23 bits per heavy atom. The number of anilines is 1. The molecule has 7 nitrogen and oxygen atoms in total. The van der Waals surface area contributed by atoms with Gasteiger partial charge in [-0.1, -0.05) is 103 Å². The van der Waals surface area contributed by atoms with Crippen molar-refractivity contribution in [2.75, 3.05) is 78.4 Å². The van der Waals surface area contributed by atoms with E-state index in [1.54, 1.807) is 0 Å². The van der Waals surface area contributed by atoms with Gasteiger partial charge in [-0.05, 0) is 18.6 Å². The molecule has 0 aromatic heterocycles. The van der Waals surface area contributed by atoms with Gasteiger partial charge in [0.15, 0.2) is 0 Å². The largest absolute Gasteiger partial charge is 0.489 e. The maximum atomic E-state index is 5.82. The van der Waals surface area contributed by atoms with E-state index in [0.29, 0.717) is 77.5 Å². The van der Waals surface area contributed by atoms with Crippen LogP contribution in [0.3, 0.4) is 0 Å². The lowest BCUT2D eigenvalue weighted by molar-refractivity contribution is -0.0128. The molecule has 1 aromatic carbocycles. The molecule has 0 fully saturated rings. The van der Waals surface area contributed by atoms with Gasteiger partial charge in [-0.15, -0.1) is 0 Å². The van der Waals surface area contributed by atoms with Gasteiger partial charge in [-0.3, -0.25) is 0 Å². The van der Waals surface area contributed by atoms with Crippen LogP contribution >= 0.6 is 0 Å². The molecule has 1 aromatic rings. The summed E-state index contributed by atoms with van der Waals surface area (Å²) in [5.41, 5.74) is 6.46. The Bertz CT molecular complexity index is 618. The van der Waals surface area contributed by atoms with E-state index in [2.05, 4.69) is 6.92 Å². The zero-order valence-corrected chi connectivity index (χ0v) is 25.0. The predicted octanol–water partition coefficient (Wildman–Crippen LogP) is 7.21. The number of nitrogens with two attached hydrogens (primary N) is 1. The third kappa shape index (κ3) is 25.3. The maximum Gasteiger partial charge on any atom is 0.142 e. The van der Waals surface area contributed by atoms with Crippen molar-refractivity contribution in [1.29, 1.82) is 0 Å². The number of benzene rings is 1. The number of hydrogen-bond acceptors (Lipinski definition) is 7. The molecule has 7 heteroatoms. The minimum absolute atomic E-state index is 0.460. The van der Waals surface area contributed by atoms with Crippen molar-refractivity contribution < 1.29 is 28.4 Å². The van der Waals surface area contributed by atoms with Crippen molar-refractivity contribution in [3.8, 4) is 5.75 Å². The molecule has 1 rings (SSSR count). The zero-order chi connectivity index (χ0) is 27.9. The Morgan fingerprint density at radius 2 is 0.795 bits per heavy atom. The fourth-order valence-electron chi connectivity index (χ4n) is 4.20. The first-order valence-electron chi connectivity index (χ1n) is 15.7. The van der Waals surface area contributed by atoms with Crippen LogP contribution in [0.25, 0.3) is 0 Å². The second kappa shape index (κ2) is 29.6. The summed E-state index contributed by atoms with van der Waals surface area (Å²) in [6, 6.07) is 7.43. The summed E-state index contributed by atoms with van der Waals surface area (Å²) in [6.07, 6.45) is 19.3. The van der Waals surface area contributed by atoms with Crippen LogP contribution in [-0.2, 0) is 23.7 Å². The van der Waals surface area contributed by atoms with Crippen molar-refractivity contribution in [3.05, 3.63) is 24.3 Å². The number of unbranched alkanes of at least 4 members (excludes halogenated alkanes) is 13. The lowest BCUT2D eigenvalue weighted by Gasteiger charge is -2.09. The van der Waals surface area contributed by atoms with Crippen LogP contribution in [0.4, 0.5) is 5.69 Å². The molecule has 0 aliphatic heterocycles. The predicted molar refractivity (Wildman–Crippen MR) is 161 cm³/mol. The summed E-state index contributed by atoms with van der Waals surface area (Å²) in [5.74, 6) is 0.686. The topological polar surface area (TPSA) is 81.4 Å². The van der Waals surface area contributed by atoms with E-state index in [-0.39, 0.29) is 0 Å². The molecule has 0 aliphatic rings. The van der Waals surface area contributed by atoms with Crippen molar-refractivity contribution in [1.82, 2.24) is 0 Å². The molecule has 0 saturated carbocycles. The average Bonchev–Trinajstić information content (AvgIpc) is 2.95. The summed E-state index contributed by atoms with van der Waals surface area (Å²) in [6.45, 7) is 8.66. The molecule has 0 aliphatic carbocycles. The highest BCUT2D eigenvalue weighted by Gasteiger charge is 1.99. The maximum absolute atomic E-state index is 5.82. The third-order valence-electron chi connectivity index (χ3n) is 6.53. The van der Waals surface area contributed by atoms with Gasteiger partial charge in [-0.2, -0.15) is 0 Å². The molecule has 0 unspecified atom stereocenters. The number of ether oxygens (including phenoxy) is 6. The van der Waals surface area contributed by atoms with Gasteiger partial charge in [0.1, 0.15) is 12.4 Å². The molecule has 228 valence electrons. The van der Waals surface area contributed by atoms with E-state index in [0.717, 1.165) is 13.0 Å². The van der Waals surface area contributed by atoms with Gasteiger partial charge < -0.3 is 34.2 Å². The smallest absolute Gasteiger partial charge is 0.142 e. The van der Waals surface area contributed by atoms with Crippen LogP contribution in [0.1, 0.15) is 96.8 Å². The Hall–Kier alpha value is -1.38. The first-order chi connectivity index (χ1) is 19.3. The first kappa shape index (κ1) is 35.6. The van der Waals surface area contributed by atoms with Gasteiger partial charge >= 0.3 is 0 Å². The minimum atomic E-state index is 0.460. The second-order valence-electron chi connectivity index (χ2n) is 10.0. The van der Waals surface area contributed by atoms with Crippen LogP contribution in [0.2, 0.25) is 0 Å². The number of nitrogen functional groups attached to an aromatic ring is 1. The number of rotatable bonds is 31. The highest BCUT2D eigenvalue weighted by Crippen LogP contribution is 2.19. The quantitative estimate of drug-likeness (QED) is 0.0768. The molecule has 0 radical (unpaired) electrons. The van der Waals surface area contributed by atoms with Crippen LogP contribution in [0.5, 0.6) is 5.75 Å². The highest BCUT2D eigenvalue weighted by molar-refractivity contribution is 5.51.